The fraction of sp³-hybridized carbons (Fsp3) is 0.769. The lowest BCUT2D eigenvalue weighted by Crippen LogP contribution is -2.30. The molecule has 1 atom stereocenters. The molecule has 0 bridgehead atoms. The van der Waals surface area contributed by atoms with Gasteiger partial charge in [0.2, 0.25) is 0 Å². The van der Waals surface area contributed by atoms with Crippen molar-refractivity contribution in [1.29, 1.82) is 0 Å². The number of carbonyl (C=O) groups excluding carboxylic acids is 1. The Morgan fingerprint density at radius 3 is 2.53 bits per heavy atom. The Kier molecular flexibility index (Phi) is 6.89. The monoisotopic (exact) mass is 242 g/mol. The van der Waals surface area contributed by atoms with Crippen LogP contribution in [0.3, 0.4) is 0 Å². The summed E-state index contributed by atoms with van der Waals surface area (Å²) in [7, 11) is 0. The lowest BCUT2D eigenvalue weighted by atomic mass is 10.1. The molecule has 17 heavy (non-hydrogen) atoms. The van der Waals surface area contributed by atoms with Crippen LogP contribution in [0, 0.1) is 0 Å². The predicted molar refractivity (Wildman–Crippen MR) is 64.6 cm³/mol. The molecule has 0 amide bonds. The first kappa shape index (κ1) is 14.2. The molecule has 4 heteroatoms. The number of hydrogen-bond acceptors (Lipinski definition) is 4. The van der Waals surface area contributed by atoms with Crippen molar-refractivity contribution in [3.05, 3.63) is 12.7 Å². The highest BCUT2D eigenvalue weighted by Crippen LogP contribution is 2.20. The third-order valence-corrected chi connectivity index (χ3v) is 2.97. The smallest absolute Gasteiger partial charge is 0.330 e. The van der Waals surface area contributed by atoms with E-state index in [1.807, 2.05) is 0 Å². The van der Waals surface area contributed by atoms with Crippen LogP contribution in [-0.4, -0.2) is 36.5 Å². The SMILES string of the molecule is C=CC(=O)OCC(CO)OC1CCCCCC1. The molecule has 0 aromatic rings. The van der Waals surface area contributed by atoms with Crippen molar-refractivity contribution < 1.29 is 19.4 Å². The average Bonchev–Trinajstić information content (AvgIpc) is 2.62. The first-order valence-corrected chi connectivity index (χ1v) is 6.31. The van der Waals surface area contributed by atoms with Crippen molar-refractivity contribution in [3.63, 3.8) is 0 Å². The largest absolute Gasteiger partial charge is 0.460 e. The van der Waals surface area contributed by atoms with Gasteiger partial charge < -0.3 is 14.6 Å². The van der Waals surface area contributed by atoms with E-state index in [-0.39, 0.29) is 19.3 Å². The molecule has 1 fully saturated rings. The molecule has 1 unspecified atom stereocenters. The van der Waals surface area contributed by atoms with Gasteiger partial charge in [0.05, 0.1) is 12.7 Å². The molecule has 0 radical (unpaired) electrons. The number of rotatable bonds is 6. The van der Waals surface area contributed by atoms with Crippen LogP contribution in [-0.2, 0) is 14.3 Å². The molecule has 98 valence electrons. The number of esters is 1. The van der Waals surface area contributed by atoms with Gasteiger partial charge in [0, 0.05) is 6.08 Å². The van der Waals surface area contributed by atoms with Crippen molar-refractivity contribution in [1.82, 2.24) is 0 Å². The van der Waals surface area contributed by atoms with E-state index >= 15 is 0 Å². The van der Waals surface area contributed by atoms with Crippen LogP contribution in [0.15, 0.2) is 12.7 Å². The quantitative estimate of drug-likeness (QED) is 0.438. The minimum Gasteiger partial charge on any atom is -0.460 e. The molecule has 0 heterocycles. The summed E-state index contributed by atoms with van der Waals surface area (Å²) in [5.41, 5.74) is 0. The van der Waals surface area contributed by atoms with Gasteiger partial charge in [-0.2, -0.15) is 0 Å². The first-order chi connectivity index (χ1) is 8.26. The highest BCUT2D eigenvalue weighted by Gasteiger charge is 2.18. The van der Waals surface area contributed by atoms with Gasteiger partial charge in [0.1, 0.15) is 12.7 Å². The van der Waals surface area contributed by atoms with E-state index in [2.05, 4.69) is 6.58 Å². The second-order valence-corrected chi connectivity index (χ2v) is 4.39. The van der Waals surface area contributed by atoms with Crippen LogP contribution in [0.4, 0.5) is 0 Å². The molecule has 1 aliphatic rings. The Balaban J connectivity index is 2.28. The van der Waals surface area contributed by atoms with Crippen LogP contribution in [0.2, 0.25) is 0 Å². The second-order valence-electron chi connectivity index (χ2n) is 4.39. The van der Waals surface area contributed by atoms with Gasteiger partial charge in [-0.15, -0.1) is 0 Å². The second kappa shape index (κ2) is 8.25. The van der Waals surface area contributed by atoms with E-state index in [1.165, 1.54) is 25.7 Å². The van der Waals surface area contributed by atoms with Crippen molar-refractivity contribution in [2.75, 3.05) is 13.2 Å². The molecule has 1 rings (SSSR count). The molecule has 0 aliphatic heterocycles. The van der Waals surface area contributed by atoms with E-state index in [1.54, 1.807) is 0 Å². The van der Waals surface area contributed by atoms with Crippen LogP contribution >= 0.6 is 0 Å². The zero-order valence-corrected chi connectivity index (χ0v) is 10.3. The molecule has 0 saturated heterocycles. The third kappa shape index (κ3) is 5.84. The normalized spacial score (nSPS) is 19.4. The topological polar surface area (TPSA) is 55.8 Å². The summed E-state index contributed by atoms with van der Waals surface area (Å²) >= 11 is 0. The maximum absolute atomic E-state index is 10.9. The van der Waals surface area contributed by atoms with E-state index in [0.29, 0.717) is 0 Å². The number of aliphatic hydroxyl groups excluding tert-OH is 1. The Labute approximate surface area is 103 Å². The summed E-state index contributed by atoms with van der Waals surface area (Å²) in [6.45, 7) is 3.29. The van der Waals surface area contributed by atoms with E-state index in [0.717, 1.165) is 18.9 Å². The van der Waals surface area contributed by atoms with Crippen LogP contribution in [0.5, 0.6) is 0 Å². The summed E-state index contributed by atoms with van der Waals surface area (Å²) < 4.78 is 10.6. The number of ether oxygens (including phenoxy) is 2. The molecule has 0 aromatic carbocycles. The minimum atomic E-state index is -0.479. The maximum atomic E-state index is 10.9. The Bertz CT molecular complexity index is 232. The lowest BCUT2D eigenvalue weighted by Gasteiger charge is -2.22. The van der Waals surface area contributed by atoms with Crippen LogP contribution in [0.25, 0.3) is 0 Å². The summed E-state index contributed by atoms with van der Waals surface area (Å²) in [6.07, 6.45) is 7.83. The minimum absolute atomic E-state index is 0.0951. The van der Waals surface area contributed by atoms with Crippen molar-refractivity contribution >= 4 is 5.97 Å². The Morgan fingerprint density at radius 2 is 2.00 bits per heavy atom. The van der Waals surface area contributed by atoms with E-state index < -0.39 is 12.1 Å². The third-order valence-electron chi connectivity index (χ3n) is 2.97. The zero-order chi connectivity index (χ0) is 12.5. The molecule has 1 saturated carbocycles. The molecular formula is C13H22O4. The Hall–Kier alpha value is -0.870. The van der Waals surface area contributed by atoms with Crippen molar-refractivity contribution in [2.45, 2.75) is 50.7 Å². The van der Waals surface area contributed by atoms with Gasteiger partial charge in [-0.25, -0.2) is 4.79 Å². The summed E-state index contributed by atoms with van der Waals surface area (Å²) in [5.74, 6) is -0.479. The highest BCUT2D eigenvalue weighted by atomic mass is 16.6. The lowest BCUT2D eigenvalue weighted by molar-refractivity contribution is -0.145. The molecule has 0 aromatic heterocycles. The van der Waals surface area contributed by atoms with Crippen molar-refractivity contribution in [3.8, 4) is 0 Å². The van der Waals surface area contributed by atoms with Gasteiger partial charge in [-0.3, -0.25) is 0 Å². The number of carbonyl (C=O) groups is 1. The van der Waals surface area contributed by atoms with E-state index in [9.17, 15) is 9.90 Å². The zero-order valence-electron chi connectivity index (χ0n) is 10.3. The molecule has 0 spiro atoms. The van der Waals surface area contributed by atoms with Gasteiger partial charge in [-0.1, -0.05) is 32.3 Å². The Morgan fingerprint density at radius 1 is 1.35 bits per heavy atom. The molecular weight excluding hydrogens is 220 g/mol. The fourth-order valence-electron chi connectivity index (χ4n) is 2.02. The highest BCUT2D eigenvalue weighted by molar-refractivity contribution is 5.81. The van der Waals surface area contributed by atoms with Gasteiger partial charge in [0.25, 0.3) is 0 Å². The fourth-order valence-corrected chi connectivity index (χ4v) is 2.02. The summed E-state index contributed by atoms with van der Waals surface area (Å²) in [4.78, 5) is 10.9. The summed E-state index contributed by atoms with van der Waals surface area (Å²) in [5, 5.41) is 9.17. The van der Waals surface area contributed by atoms with E-state index in [4.69, 9.17) is 9.47 Å². The van der Waals surface area contributed by atoms with Gasteiger partial charge in [0.15, 0.2) is 0 Å². The number of hydrogen-bond donors (Lipinski definition) is 1. The average molecular weight is 242 g/mol. The van der Waals surface area contributed by atoms with Crippen LogP contribution < -0.4 is 0 Å². The maximum Gasteiger partial charge on any atom is 0.330 e. The molecule has 1 aliphatic carbocycles. The summed E-state index contributed by atoms with van der Waals surface area (Å²) in [6, 6.07) is 0. The predicted octanol–water partition coefficient (Wildman–Crippen LogP) is 1.82. The van der Waals surface area contributed by atoms with Crippen LogP contribution in [0.1, 0.15) is 38.5 Å². The first-order valence-electron chi connectivity index (χ1n) is 6.31. The number of aliphatic hydroxyl groups is 1. The molecule has 4 nitrogen and oxygen atoms in total. The van der Waals surface area contributed by atoms with Gasteiger partial charge >= 0.3 is 5.97 Å². The standard InChI is InChI=1S/C13H22O4/c1-2-13(15)16-10-12(9-14)17-11-7-5-3-4-6-8-11/h2,11-12,14H,1,3-10H2. The van der Waals surface area contributed by atoms with Crippen molar-refractivity contribution in [2.24, 2.45) is 0 Å². The molecule has 1 N–H and O–H groups in total. The van der Waals surface area contributed by atoms with Gasteiger partial charge in [-0.05, 0) is 12.8 Å².